The molecule has 0 spiro atoms. The van der Waals surface area contributed by atoms with E-state index >= 15 is 0 Å². The number of hydrogen-bond donors (Lipinski definition) is 2. The van der Waals surface area contributed by atoms with Crippen LogP contribution in [0.5, 0.6) is 11.5 Å². The van der Waals surface area contributed by atoms with E-state index in [9.17, 15) is 4.79 Å². The number of benzene rings is 2. The molecule has 0 aliphatic rings. The van der Waals surface area contributed by atoms with Gasteiger partial charge >= 0.3 is 5.97 Å². The molecule has 2 N–H and O–H groups in total. The molecule has 3 rings (SSSR count). The van der Waals surface area contributed by atoms with Gasteiger partial charge < -0.3 is 15.2 Å². The number of para-hydroxylation sites is 1. The van der Waals surface area contributed by atoms with E-state index in [0.717, 1.165) is 39.0 Å². The van der Waals surface area contributed by atoms with Crippen molar-refractivity contribution < 1.29 is 14.6 Å². The number of nitrogens with zero attached hydrogens (tertiary/aromatic N) is 1. The van der Waals surface area contributed by atoms with Crippen LogP contribution in [0.3, 0.4) is 0 Å². The Morgan fingerprint density at radius 2 is 1.89 bits per heavy atom. The Kier molecular flexibility index (Phi) is 5.12. The third kappa shape index (κ3) is 3.92. The van der Waals surface area contributed by atoms with E-state index in [0.29, 0.717) is 11.4 Å². The SMILES string of the molecule is C=C(NCC(=O)O)c1ncc2cc(Oc3c(C)cccc3C)ccc2c1C. The lowest BCUT2D eigenvalue weighted by Gasteiger charge is -2.14. The molecule has 5 heteroatoms. The summed E-state index contributed by atoms with van der Waals surface area (Å²) >= 11 is 0. The van der Waals surface area contributed by atoms with Crippen molar-refractivity contribution in [3.8, 4) is 11.5 Å². The fourth-order valence-electron chi connectivity index (χ4n) is 3.06. The van der Waals surface area contributed by atoms with E-state index in [4.69, 9.17) is 9.84 Å². The molecule has 138 valence electrons. The Morgan fingerprint density at radius 3 is 2.56 bits per heavy atom. The molecule has 0 saturated heterocycles. The molecule has 3 aromatic rings. The third-order valence-corrected chi connectivity index (χ3v) is 4.48. The van der Waals surface area contributed by atoms with E-state index in [1.54, 1.807) is 6.20 Å². The lowest BCUT2D eigenvalue weighted by atomic mass is 10.0. The van der Waals surface area contributed by atoms with Gasteiger partial charge in [-0.15, -0.1) is 0 Å². The summed E-state index contributed by atoms with van der Waals surface area (Å²) in [6.07, 6.45) is 1.75. The number of nitrogens with one attached hydrogen (secondary N) is 1. The monoisotopic (exact) mass is 362 g/mol. The van der Waals surface area contributed by atoms with Gasteiger partial charge in [-0.2, -0.15) is 0 Å². The van der Waals surface area contributed by atoms with Gasteiger partial charge in [0, 0.05) is 11.6 Å². The number of pyridine rings is 1. The van der Waals surface area contributed by atoms with Crippen molar-refractivity contribution >= 4 is 22.4 Å². The third-order valence-electron chi connectivity index (χ3n) is 4.48. The molecule has 0 aliphatic carbocycles. The summed E-state index contributed by atoms with van der Waals surface area (Å²) in [5.74, 6) is 0.670. The highest BCUT2D eigenvalue weighted by Gasteiger charge is 2.11. The first-order chi connectivity index (χ1) is 12.9. The quantitative estimate of drug-likeness (QED) is 0.671. The zero-order valence-electron chi connectivity index (χ0n) is 15.7. The summed E-state index contributed by atoms with van der Waals surface area (Å²) in [5.41, 5.74) is 4.26. The van der Waals surface area contributed by atoms with Crippen molar-refractivity contribution in [2.24, 2.45) is 0 Å². The molecule has 2 aromatic carbocycles. The maximum Gasteiger partial charge on any atom is 0.322 e. The Morgan fingerprint density at radius 1 is 1.19 bits per heavy atom. The van der Waals surface area contributed by atoms with E-state index in [1.165, 1.54) is 0 Å². The molecule has 0 fully saturated rings. The number of carbonyl (C=O) groups is 1. The summed E-state index contributed by atoms with van der Waals surface area (Å²) in [6.45, 7) is 9.70. The minimum absolute atomic E-state index is 0.194. The molecule has 0 radical (unpaired) electrons. The number of ether oxygens (including phenoxy) is 1. The molecule has 0 saturated carbocycles. The van der Waals surface area contributed by atoms with Gasteiger partial charge in [-0.3, -0.25) is 9.78 Å². The van der Waals surface area contributed by atoms with Crippen molar-refractivity contribution in [1.29, 1.82) is 0 Å². The Balaban J connectivity index is 1.92. The average molecular weight is 362 g/mol. The van der Waals surface area contributed by atoms with Crippen molar-refractivity contribution in [3.63, 3.8) is 0 Å². The molecule has 0 amide bonds. The minimum atomic E-state index is -0.942. The lowest BCUT2D eigenvalue weighted by molar-refractivity contribution is -0.135. The number of aryl methyl sites for hydroxylation is 3. The fourth-order valence-corrected chi connectivity index (χ4v) is 3.06. The predicted octanol–water partition coefficient (Wildman–Crippen LogP) is 4.60. The zero-order valence-corrected chi connectivity index (χ0v) is 15.7. The maximum absolute atomic E-state index is 10.7. The van der Waals surface area contributed by atoms with Crippen LogP contribution in [0.15, 0.2) is 49.2 Å². The molecule has 1 aromatic heterocycles. The summed E-state index contributed by atoms with van der Waals surface area (Å²) in [7, 11) is 0. The molecule has 5 nitrogen and oxygen atoms in total. The van der Waals surface area contributed by atoms with E-state index in [2.05, 4.69) is 16.9 Å². The smallest absolute Gasteiger partial charge is 0.322 e. The number of carboxylic acids is 1. The van der Waals surface area contributed by atoms with Crippen LogP contribution >= 0.6 is 0 Å². The van der Waals surface area contributed by atoms with Crippen LogP contribution < -0.4 is 10.1 Å². The van der Waals surface area contributed by atoms with Crippen LogP contribution in [0.25, 0.3) is 16.5 Å². The highest BCUT2D eigenvalue weighted by Crippen LogP contribution is 2.32. The van der Waals surface area contributed by atoms with Crippen LogP contribution in [0.1, 0.15) is 22.4 Å². The Bertz CT molecular complexity index is 1020. The molecule has 1 heterocycles. The standard InChI is InChI=1S/C22H22N2O3/c1-13-6-5-7-14(2)22(13)27-18-8-9-19-15(3)21(24-11-17(19)10-18)16(4)23-12-20(25)26/h5-11,23H,4,12H2,1-3H3,(H,25,26). The lowest BCUT2D eigenvalue weighted by Crippen LogP contribution is -2.21. The number of aromatic nitrogens is 1. The molecular formula is C22H22N2O3. The predicted molar refractivity (Wildman–Crippen MR) is 107 cm³/mol. The van der Waals surface area contributed by atoms with Crippen molar-refractivity contribution in [2.45, 2.75) is 20.8 Å². The second-order valence-corrected chi connectivity index (χ2v) is 6.53. The number of fused-ring (bicyclic) bond motifs is 1. The molecular weight excluding hydrogens is 340 g/mol. The molecule has 0 bridgehead atoms. The topological polar surface area (TPSA) is 71.5 Å². The van der Waals surface area contributed by atoms with Gasteiger partial charge in [-0.1, -0.05) is 30.8 Å². The number of rotatable bonds is 6. The second-order valence-electron chi connectivity index (χ2n) is 6.53. The normalized spacial score (nSPS) is 10.6. The van der Waals surface area contributed by atoms with Crippen LogP contribution in [0.4, 0.5) is 0 Å². The van der Waals surface area contributed by atoms with E-state index < -0.39 is 5.97 Å². The van der Waals surface area contributed by atoms with Crippen LogP contribution in [0.2, 0.25) is 0 Å². The van der Waals surface area contributed by atoms with Crippen LogP contribution in [0, 0.1) is 20.8 Å². The van der Waals surface area contributed by atoms with Gasteiger partial charge in [0.1, 0.15) is 18.0 Å². The second kappa shape index (κ2) is 7.50. The van der Waals surface area contributed by atoms with E-state index in [1.807, 2.05) is 57.2 Å². The summed E-state index contributed by atoms with van der Waals surface area (Å²) in [4.78, 5) is 15.2. The zero-order chi connectivity index (χ0) is 19.6. The largest absolute Gasteiger partial charge is 0.480 e. The molecule has 0 atom stereocenters. The van der Waals surface area contributed by atoms with Gasteiger partial charge in [0.2, 0.25) is 0 Å². The number of hydrogen-bond acceptors (Lipinski definition) is 4. The van der Waals surface area contributed by atoms with E-state index in [-0.39, 0.29) is 6.54 Å². The molecule has 0 unspecified atom stereocenters. The van der Waals surface area contributed by atoms with Crippen molar-refractivity contribution in [2.75, 3.05) is 6.54 Å². The van der Waals surface area contributed by atoms with Crippen LogP contribution in [-0.2, 0) is 4.79 Å². The first-order valence-corrected chi connectivity index (χ1v) is 8.65. The van der Waals surface area contributed by atoms with Crippen molar-refractivity contribution in [1.82, 2.24) is 10.3 Å². The van der Waals surface area contributed by atoms with Gasteiger partial charge in [-0.05, 0) is 55.0 Å². The fraction of sp³-hybridized carbons (Fsp3) is 0.182. The average Bonchev–Trinajstić information content (AvgIpc) is 2.63. The Labute approximate surface area is 158 Å². The number of aliphatic carboxylic acids is 1. The summed E-state index contributed by atoms with van der Waals surface area (Å²) in [5, 5.41) is 13.6. The summed E-state index contributed by atoms with van der Waals surface area (Å²) < 4.78 is 6.11. The van der Waals surface area contributed by atoms with Crippen LogP contribution in [-0.4, -0.2) is 22.6 Å². The van der Waals surface area contributed by atoms with Gasteiger partial charge in [0.05, 0.1) is 11.4 Å². The highest BCUT2D eigenvalue weighted by atomic mass is 16.5. The van der Waals surface area contributed by atoms with Gasteiger partial charge in [0.25, 0.3) is 0 Å². The first-order valence-electron chi connectivity index (χ1n) is 8.65. The van der Waals surface area contributed by atoms with Gasteiger partial charge in [0.15, 0.2) is 0 Å². The van der Waals surface area contributed by atoms with Crippen molar-refractivity contribution in [3.05, 3.63) is 71.6 Å². The molecule has 0 aliphatic heterocycles. The highest BCUT2D eigenvalue weighted by molar-refractivity contribution is 5.89. The first kappa shape index (κ1) is 18.5. The Hall–Kier alpha value is -3.34. The maximum atomic E-state index is 10.7. The minimum Gasteiger partial charge on any atom is -0.480 e. The molecule has 27 heavy (non-hydrogen) atoms. The number of carboxylic acid groups (broad SMARTS) is 1. The van der Waals surface area contributed by atoms with Gasteiger partial charge in [-0.25, -0.2) is 0 Å². The summed E-state index contributed by atoms with van der Waals surface area (Å²) in [6, 6.07) is 11.9.